The first-order valence-corrected chi connectivity index (χ1v) is 6.48. The van der Waals surface area contributed by atoms with E-state index in [1.165, 1.54) is 19.1 Å². The van der Waals surface area contributed by atoms with Gasteiger partial charge in [-0.25, -0.2) is 0 Å². The molecule has 0 heterocycles. The number of carbonyl (C=O) groups is 1. The van der Waals surface area contributed by atoms with E-state index in [4.69, 9.17) is 0 Å². The van der Waals surface area contributed by atoms with Crippen molar-refractivity contribution in [2.24, 2.45) is 0 Å². The van der Waals surface area contributed by atoms with E-state index in [1.54, 1.807) is 30.3 Å². The van der Waals surface area contributed by atoms with Crippen LogP contribution in [0.4, 0.5) is 13.2 Å². The van der Waals surface area contributed by atoms with E-state index in [-0.39, 0.29) is 5.56 Å². The lowest BCUT2D eigenvalue weighted by molar-refractivity contribution is -0.137. The molecule has 0 radical (unpaired) electrons. The Bertz CT molecular complexity index is 732. The number of hydrogen-bond acceptors (Lipinski definition) is 2. The van der Waals surface area contributed by atoms with Crippen molar-refractivity contribution < 1.29 is 18.0 Å². The summed E-state index contributed by atoms with van der Waals surface area (Å²) in [6.07, 6.45) is -4.54. The van der Waals surface area contributed by atoms with Gasteiger partial charge in [0.05, 0.1) is 11.6 Å². The number of alkyl halides is 3. The smallest absolute Gasteiger partial charge is 0.297 e. The molecule has 0 fully saturated rings. The van der Waals surface area contributed by atoms with Gasteiger partial charge in [-0.15, -0.1) is 0 Å². The molecule has 2 nitrogen and oxygen atoms in total. The molecule has 5 heteroatoms. The van der Waals surface area contributed by atoms with Crippen LogP contribution in [0, 0.1) is 11.3 Å². The van der Waals surface area contributed by atoms with Crippen LogP contribution >= 0.6 is 0 Å². The fourth-order valence-corrected chi connectivity index (χ4v) is 2.40. The lowest BCUT2D eigenvalue weighted by atomic mass is 9.72. The minimum atomic E-state index is -4.54. The maximum Gasteiger partial charge on any atom is 0.416 e. The van der Waals surface area contributed by atoms with Crippen LogP contribution in [0.15, 0.2) is 54.6 Å². The van der Waals surface area contributed by atoms with Gasteiger partial charge < -0.3 is 0 Å². The summed E-state index contributed by atoms with van der Waals surface area (Å²) in [7, 11) is 0. The van der Waals surface area contributed by atoms with E-state index < -0.39 is 22.9 Å². The Kier molecular flexibility index (Phi) is 4.05. The summed E-state index contributed by atoms with van der Waals surface area (Å²) in [4.78, 5) is 12.2. The number of hydrogen-bond donors (Lipinski definition) is 0. The Morgan fingerprint density at radius 1 is 0.955 bits per heavy atom. The zero-order chi connectivity index (χ0) is 16.4. The number of carbonyl (C=O) groups excluding carboxylic acids is 1. The lowest BCUT2D eigenvalue weighted by Crippen LogP contribution is -2.34. The minimum Gasteiger partial charge on any atom is -0.297 e. The molecule has 2 rings (SSSR count). The first-order valence-electron chi connectivity index (χ1n) is 6.48. The number of rotatable bonds is 3. The van der Waals surface area contributed by atoms with Gasteiger partial charge in [0.2, 0.25) is 0 Å². The highest BCUT2D eigenvalue weighted by atomic mass is 19.4. The molecule has 112 valence electrons. The average Bonchev–Trinajstić information content (AvgIpc) is 2.49. The van der Waals surface area contributed by atoms with Crippen molar-refractivity contribution in [2.75, 3.05) is 0 Å². The summed E-state index contributed by atoms with van der Waals surface area (Å²) in [5.41, 5.74) is -2.27. The highest BCUT2D eigenvalue weighted by molar-refractivity contribution is 5.95. The molecular formula is C17H12F3NO. The average molecular weight is 303 g/mol. The predicted octanol–water partition coefficient (Wildman–Crippen LogP) is 4.10. The van der Waals surface area contributed by atoms with Gasteiger partial charge in [0.25, 0.3) is 0 Å². The molecular weight excluding hydrogens is 291 g/mol. The van der Waals surface area contributed by atoms with Gasteiger partial charge >= 0.3 is 6.18 Å². The van der Waals surface area contributed by atoms with Crippen LogP contribution in [0.5, 0.6) is 0 Å². The van der Waals surface area contributed by atoms with Gasteiger partial charge in [0.15, 0.2) is 11.2 Å². The van der Waals surface area contributed by atoms with Crippen molar-refractivity contribution in [3.63, 3.8) is 0 Å². The molecule has 2 aromatic carbocycles. The van der Waals surface area contributed by atoms with E-state index in [2.05, 4.69) is 0 Å². The SMILES string of the molecule is CC(=O)C(C#N)(c1ccccc1)c1cccc(C(F)(F)F)c1. The molecule has 1 atom stereocenters. The first kappa shape index (κ1) is 15.8. The Labute approximate surface area is 125 Å². The van der Waals surface area contributed by atoms with Crippen LogP contribution < -0.4 is 0 Å². The largest absolute Gasteiger partial charge is 0.416 e. The molecule has 0 saturated heterocycles. The van der Waals surface area contributed by atoms with E-state index in [0.29, 0.717) is 5.56 Å². The van der Waals surface area contributed by atoms with Gasteiger partial charge in [0.1, 0.15) is 0 Å². The summed E-state index contributed by atoms with van der Waals surface area (Å²) in [5.74, 6) is -0.527. The van der Waals surface area contributed by atoms with E-state index in [1.807, 2.05) is 6.07 Å². The van der Waals surface area contributed by atoms with Gasteiger partial charge in [-0.05, 0) is 30.2 Å². The second-order valence-electron chi connectivity index (χ2n) is 4.86. The fourth-order valence-electron chi connectivity index (χ4n) is 2.40. The van der Waals surface area contributed by atoms with Gasteiger partial charge in [0, 0.05) is 0 Å². The standard InChI is InChI=1S/C17H12F3NO/c1-12(22)16(11-21,13-6-3-2-4-7-13)14-8-5-9-15(10-14)17(18,19)20/h2-10H,1H3. The van der Waals surface area contributed by atoms with Crippen molar-refractivity contribution in [1.82, 2.24) is 0 Å². The van der Waals surface area contributed by atoms with E-state index >= 15 is 0 Å². The highest BCUT2D eigenvalue weighted by Crippen LogP contribution is 2.36. The molecule has 0 bridgehead atoms. The molecule has 1 unspecified atom stereocenters. The van der Waals surface area contributed by atoms with Crippen LogP contribution in [-0.4, -0.2) is 5.78 Å². The number of ketones is 1. The third-order valence-corrected chi connectivity index (χ3v) is 3.53. The van der Waals surface area contributed by atoms with Gasteiger partial charge in [-0.2, -0.15) is 18.4 Å². The molecule has 22 heavy (non-hydrogen) atoms. The summed E-state index contributed by atoms with van der Waals surface area (Å²) in [5, 5.41) is 9.60. The van der Waals surface area contributed by atoms with Gasteiger partial charge in [-0.1, -0.05) is 42.5 Å². The van der Waals surface area contributed by atoms with Crippen LogP contribution in [0.2, 0.25) is 0 Å². The summed E-state index contributed by atoms with van der Waals surface area (Å²) in [6, 6.07) is 14.4. The lowest BCUT2D eigenvalue weighted by Gasteiger charge is -2.25. The Morgan fingerprint density at radius 3 is 2.00 bits per heavy atom. The molecule has 0 amide bonds. The molecule has 0 saturated carbocycles. The van der Waals surface area contributed by atoms with Crippen molar-refractivity contribution in [1.29, 1.82) is 5.26 Å². The summed E-state index contributed by atoms with van der Waals surface area (Å²) >= 11 is 0. The molecule has 0 aromatic heterocycles. The molecule has 0 spiro atoms. The van der Waals surface area contributed by atoms with Crippen LogP contribution in [0.3, 0.4) is 0 Å². The van der Waals surface area contributed by atoms with Crippen molar-refractivity contribution in [2.45, 2.75) is 18.5 Å². The second-order valence-corrected chi connectivity index (χ2v) is 4.86. The molecule has 0 aliphatic heterocycles. The maximum absolute atomic E-state index is 12.9. The Morgan fingerprint density at radius 2 is 1.50 bits per heavy atom. The van der Waals surface area contributed by atoms with Crippen molar-refractivity contribution in [3.05, 3.63) is 71.3 Å². The highest BCUT2D eigenvalue weighted by Gasteiger charge is 2.41. The number of nitrogens with zero attached hydrogens (tertiary/aromatic N) is 1. The monoisotopic (exact) mass is 303 g/mol. The molecule has 0 aliphatic rings. The van der Waals surface area contributed by atoms with E-state index in [0.717, 1.165) is 12.1 Å². The van der Waals surface area contributed by atoms with Crippen LogP contribution in [-0.2, 0) is 16.4 Å². The van der Waals surface area contributed by atoms with Gasteiger partial charge in [-0.3, -0.25) is 4.79 Å². The van der Waals surface area contributed by atoms with Crippen LogP contribution in [0.25, 0.3) is 0 Å². The molecule has 0 aliphatic carbocycles. The van der Waals surface area contributed by atoms with Crippen LogP contribution in [0.1, 0.15) is 23.6 Å². The summed E-state index contributed by atoms with van der Waals surface area (Å²) < 4.78 is 38.7. The molecule has 2 aromatic rings. The number of nitriles is 1. The normalized spacial score (nSPS) is 14.0. The zero-order valence-electron chi connectivity index (χ0n) is 11.7. The van der Waals surface area contributed by atoms with Crippen molar-refractivity contribution >= 4 is 5.78 Å². The Hall–Kier alpha value is -2.61. The number of halogens is 3. The summed E-state index contributed by atoms with van der Waals surface area (Å²) in [6.45, 7) is 1.20. The third-order valence-electron chi connectivity index (χ3n) is 3.53. The minimum absolute atomic E-state index is 0.0172. The molecule has 0 N–H and O–H groups in total. The maximum atomic E-state index is 12.9. The first-order chi connectivity index (χ1) is 10.3. The van der Waals surface area contributed by atoms with Crippen molar-refractivity contribution in [3.8, 4) is 6.07 Å². The topological polar surface area (TPSA) is 40.9 Å². The predicted molar refractivity (Wildman–Crippen MR) is 75.0 cm³/mol. The van der Waals surface area contributed by atoms with E-state index in [9.17, 15) is 23.2 Å². The zero-order valence-corrected chi connectivity index (χ0v) is 11.7. The third kappa shape index (κ3) is 2.60. The quantitative estimate of drug-likeness (QED) is 0.856. The second kappa shape index (κ2) is 5.64. The number of Topliss-reactive ketones (excluding diaryl/α,β-unsaturated/α-hetero) is 1. The Balaban J connectivity index is 2.73. The number of benzene rings is 2. The fraction of sp³-hybridized carbons (Fsp3) is 0.176.